The van der Waals surface area contributed by atoms with Crippen LogP contribution in [0.2, 0.25) is 0 Å². The van der Waals surface area contributed by atoms with Crippen LogP contribution in [-0.2, 0) is 0 Å². The fraction of sp³-hybridized carbons (Fsp3) is 0.192. The van der Waals surface area contributed by atoms with Gasteiger partial charge in [-0.15, -0.1) is 0 Å². The molecule has 0 aliphatic heterocycles. The van der Waals surface area contributed by atoms with E-state index in [1.807, 2.05) is 78.9 Å². The Morgan fingerprint density at radius 1 is 1.00 bits per heavy atom. The summed E-state index contributed by atoms with van der Waals surface area (Å²) in [6.07, 6.45) is 12.8. The number of aliphatic hydroxyl groups excluding tert-OH is 1. The Labute approximate surface area is 172 Å². The van der Waals surface area contributed by atoms with Crippen molar-refractivity contribution in [2.45, 2.75) is 25.7 Å². The molecule has 3 rings (SSSR count). The number of allylic oxidation sites excluding steroid dienone is 6. The monoisotopic (exact) mass is 386 g/mol. The fourth-order valence-electron chi connectivity index (χ4n) is 3.18. The lowest BCUT2D eigenvalue weighted by Crippen LogP contribution is -1.99. The normalized spacial score (nSPS) is 14.9. The highest BCUT2D eigenvalue weighted by Gasteiger charge is 2.08. The highest BCUT2D eigenvalue weighted by molar-refractivity contribution is 5.96. The van der Waals surface area contributed by atoms with Gasteiger partial charge in [0.25, 0.3) is 0 Å². The lowest BCUT2D eigenvalue weighted by molar-refractivity contribution is 0.0979. The second-order valence-electron chi connectivity index (χ2n) is 7.00. The third-order valence-corrected chi connectivity index (χ3v) is 4.88. The topological polar surface area (TPSA) is 46.5 Å². The van der Waals surface area contributed by atoms with E-state index in [1.54, 1.807) is 13.2 Å². The van der Waals surface area contributed by atoms with E-state index < -0.39 is 0 Å². The van der Waals surface area contributed by atoms with Crippen LogP contribution in [0.25, 0.3) is 6.08 Å². The second-order valence-corrected chi connectivity index (χ2v) is 7.00. The Kier molecular flexibility index (Phi) is 7.23. The molecule has 3 heteroatoms. The number of carbonyl (C=O) groups is 1. The fourth-order valence-corrected chi connectivity index (χ4v) is 3.18. The maximum absolute atomic E-state index is 12.3. The predicted octanol–water partition coefficient (Wildman–Crippen LogP) is 6.46. The zero-order valence-electron chi connectivity index (χ0n) is 16.7. The molecule has 0 radical (unpaired) electrons. The molecule has 3 nitrogen and oxygen atoms in total. The highest BCUT2D eigenvalue weighted by atomic mass is 16.5. The average molecular weight is 386 g/mol. The van der Waals surface area contributed by atoms with Crippen molar-refractivity contribution in [1.82, 2.24) is 0 Å². The third kappa shape index (κ3) is 6.08. The van der Waals surface area contributed by atoms with Crippen LogP contribution in [0.3, 0.4) is 0 Å². The minimum Gasteiger partial charge on any atom is -0.507 e. The molecule has 2 aromatic carbocycles. The number of aliphatic hydroxyl groups is 1. The number of rotatable bonds is 9. The van der Waals surface area contributed by atoms with Gasteiger partial charge in [0, 0.05) is 17.6 Å². The molecule has 0 heterocycles. The molecule has 1 aliphatic rings. The third-order valence-electron chi connectivity index (χ3n) is 4.88. The first kappa shape index (κ1) is 20.4. The number of hydrogen-bond acceptors (Lipinski definition) is 3. The van der Waals surface area contributed by atoms with Crippen LogP contribution in [0.15, 0.2) is 95.8 Å². The predicted molar refractivity (Wildman–Crippen MR) is 118 cm³/mol. The molecule has 1 aliphatic carbocycles. The van der Waals surface area contributed by atoms with Gasteiger partial charge in [0.2, 0.25) is 0 Å². The molecule has 0 saturated heterocycles. The summed E-state index contributed by atoms with van der Waals surface area (Å²) in [6, 6.07) is 17.1. The largest absolute Gasteiger partial charge is 0.507 e. The summed E-state index contributed by atoms with van der Waals surface area (Å²) in [5.74, 6) is 1.18. The lowest BCUT2D eigenvalue weighted by Gasteiger charge is -2.03. The van der Waals surface area contributed by atoms with Gasteiger partial charge < -0.3 is 9.84 Å². The molecule has 29 heavy (non-hydrogen) atoms. The summed E-state index contributed by atoms with van der Waals surface area (Å²) in [4.78, 5) is 12.3. The standard InChI is InChI=1S/C26H26O3/c1-29-24-16-14-22(15-17-24)25(27)10-6-5-9-21-11-13-23(19-21)26(28)18-12-20-7-3-2-4-8-20/h2-4,7-8,11-19,28H,5-6,9-10H2,1H3. The van der Waals surface area contributed by atoms with Gasteiger partial charge in [-0.2, -0.15) is 0 Å². The first-order valence-corrected chi connectivity index (χ1v) is 9.88. The van der Waals surface area contributed by atoms with E-state index in [0.717, 1.165) is 41.7 Å². The number of ketones is 1. The molecule has 0 fully saturated rings. The van der Waals surface area contributed by atoms with E-state index in [9.17, 15) is 9.90 Å². The summed E-state index contributed by atoms with van der Waals surface area (Å²) < 4.78 is 5.12. The number of unbranched alkanes of at least 4 members (excludes halogenated alkanes) is 1. The van der Waals surface area contributed by atoms with E-state index in [2.05, 4.69) is 0 Å². The van der Waals surface area contributed by atoms with Gasteiger partial charge in [-0.3, -0.25) is 4.79 Å². The van der Waals surface area contributed by atoms with Gasteiger partial charge in [0.1, 0.15) is 11.5 Å². The van der Waals surface area contributed by atoms with E-state index in [1.165, 1.54) is 5.57 Å². The molecule has 0 spiro atoms. The van der Waals surface area contributed by atoms with Crippen LogP contribution >= 0.6 is 0 Å². The number of carbonyl (C=O) groups excluding carboxylic acids is 1. The lowest BCUT2D eigenvalue weighted by atomic mass is 10.0. The van der Waals surface area contributed by atoms with Crippen molar-refractivity contribution in [3.05, 3.63) is 107 Å². The first-order chi connectivity index (χ1) is 14.2. The van der Waals surface area contributed by atoms with Crippen LogP contribution < -0.4 is 4.74 Å². The minimum absolute atomic E-state index is 0.160. The summed E-state index contributed by atoms with van der Waals surface area (Å²) in [5, 5.41) is 10.3. The molecule has 0 saturated carbocycles. The molecule has 0 atom stereocenters. The van der Waals surface area contributed by atoms with Crippen molar-refractivity contribution in [2.24, 2.45) is 0 Å². The number of benzene rings is 2. The Morgan fingerprint density at radius 2 is 1.76 bits per heavy atom. The summed E-state index contributed by atoms with van der Waals surface area (Å²) >= 11 is 0. The molecular weight excluding hydrogens is 360 g/mol. The van der Waals surface area contributed by atoms with E-state index in [4.69, 9.17) is 4.74 Å². The maximum atomic E-state index is 12.3. The van der Waals surface area contributed by atoms with Crippen LogP contribution in [0.1, 0.15) is 41.6 Å². The molecular formula is C26H26O3. The van der Waals surface area contributed by atoms with Crippen molar-refractivity contribution in [3.8, 4) is 5.75 Å². The van der Waals surface area contributed by atoms with Crippen LogP contribution in [-0.4, -0.2) is 18.0 Å². The van der Waals surface area contributed by atoms with Gasteiger partial charge in [0.05, 0.1) is 7.11 Å². The maximum Gasteiger partial charge on any atom is 0.162 e. The molecule has 0 amide bonds. The molecule has 0 aromatic heterocycles. The number of methoxy groups -OCH3 is 1. The van der Waals surface area contributed by atoms with E-state index in [0.29, 0.717) is 6.42 Å². The quantitative estimate of drug-likeness (QED) is 0.306. The number of Topliss-reactive ketones (excluding diaryl/α,β-unsaturated/α-hetero) is 1. The SMILES string of the molecule is COc1ccc(C(=O)CCCCC2=CC(=C(O)C=Cc3ccccc3)C=C2)cc1. The van der Waals surface area contributed by atoms with Gasteiger partial charge >= 0.3 is 0 Å². The van der Waals surface area contributed by atoms with Crippen LogP contribution in [0.5, 0.6) is 5.75 Å². The number of ether oxygens (including phenoxy) is 1. The molecule has 148 valence electrons. The Morgan fingerprint density at radius 3 is 2.48 bits per heavy atom. The first-order valence-electron chi connectivity index (χ1n) is 9.88. The molecule has 0 unspecified atom stereocenters. The minimum atomic E-state index is 0.160. The number of hydrogen-bond donors (Lipinski definition) is 1. The zero-order valence-corrected chi connectivity index (χ0v) is 16.7. The van der Waals surface area contributed by atoms with Crippen LogP contribution in [0.4, 0.5) is 0 Å². The molecule has 1 N–H and O–H groups in total. The zero-order chi connectivity index (χ0) is 20.5. The van der Waals surface area contributed by atoms with Gasteiger partial charge in [0.15, 0.2) is 5.78 Å². The van der Waals surface area contributed by atoms with Crippen molar-refractivity contribution in [1.29, 1.82) is 0 Å². The van der Waals surface area contributed by atoms with Crippen molar-refractivity contribution in [3.63, 3.8) is 0 Å². The second kappa shape index (κ2) is 10.3. The molecule has 2 aromatic rings. The Bertz CT molecular complexity index is 945. The summed E-state index contributed by atoms with van der Waals surface area (Å²) in [7, 11) is 1.61. The summed E-state index contributed by atoms with van der Waals surface area (Å²) in [5.41, 5.74) is 3.77. The summed E-state index contributed by atoms with van der Waals surface area (Å²) in [6.45, 7) is 0. The van der Waals surface area contributed by atoms with Crippen LogP contribution in [0, 0.1) is 0 Å². The van der Waals surface area contributed by atoms with E-state index in [-0.39, 0.29) is 11.5 Å². The van der Waals surface area contributed by atoms with Gasteiger partial charge in [-0.05, 0) is 66.8 Å². The van der Waals surface area contributed by atoms with E-state index >= 15 is 0 Å². The van der Waals surface area contributed by atoms with Crippen molar-refractivity contribution < 1.29 is 14.6 Å². The van der Waals surface area contributed by atoms with Gasteiger partial charge in [-0.25, -0.2) is 0 Å². The average Bonchev–Trinajstić information content (AvgIpc) is 3.25. The smallest absolute Gasteiger partial charge is 0.162 e. The Hall–Kier alpha value is -3.33. The van der Waals surface area contributed by atoms with Crippen molar-refractivity contribution >= 4 is 11.9 Å². The highest BCUT2D eigenvalue weighted by Crippen LogP contribution is 2.23. The van der Waals surface area contributed by atoms with Crippen molar-refractivity contribution in [2.75, 3.05) is 7.11 Å². The molecule has 0 bridgehead atoms. The Balaban J connectivity index is 1.46. The van der Waals surface area contributed by atoms with Gasteiger partial charge in [-0.1, -0.05) is 48.6 Å².